The van der Waals surface area contributed by atoms with Crippen LogP contribution in [0.15, 0.2) is 0 Å². The molecule has 0 radical (unpaired) electrons. The number of rotatable bonds is 14. The first-order valence-corrected chi connectivity index (χ1v) is 11.3. The third-order valence-corrected chi connectivity index (χ3v) is 5.38. The summed E-state index contributed by atoms with van der Waals surface area (Å²) < 4.78 is 0. The van der Waals surface area contributed by atoms with Gasteiger partial charge in [0.15, 0.2) is 0 Å². The second kappa shape index (κ2) is 14.5. The van der Waals surface area contributed by atoms with Gasteiger partial charge in [-0.2, -0.15) is 24.4 Å². The molecule has 0 aliphatic carbocycles. The molecule has 0 saturated carbocycles. The topological polar surface area (TPSA) is 171 Å². The van der Waals surface area contributed by atoms with Crippen LogP contribution in [0.1, 0.15) is 26.7 Å². The Balaban J connectivity index is 5.18. The Morgan fingerprint density at radius 3 is 2.07 bits per heavy atom. The van der Waals surface area contributed by atoms with Crippen LogP contribution in [0, 0.1) is 5.92 Å². The minimum atomic E-state index is -1.17. The minimum Gasteiger partial charge on any atom is -0.480 e. The third-order valence-electron chi connectivity index (χ3n) is 4.37. The molecule has 29 heavy (non-hydrogen) atoms. The number of carbonyl (C=O) groups is 4. The lowest BCUT2D eigenvalue weighted by atomic mass is 9.99. The van der Waals surface area contributed by atoms with Crippen molar-refractivity contribution in [1.29, 1.82) is 0 Å². The fraction of sp³-hybridized carbons (Fsp3) is 0.765. The summed E-state index contributed by atoms with van der Waals surface area (Å²) in [5.74, 6) is -2.97. The largest absolute Gasteiger partial charge is 0.480 e. The Kier molecular flexibility index (Phi) is 13.7. The molecule has 0 heterocycles. The highest BCUT2D eigenvalue weighted by Crippen LogP contribution is 2.09. The summed E-state index contributed by atoms with van der Waals surface area (Å²) in [6.07, 6.45) is 2.66. The Labute approximate surface area is 180 Å². The van der Waals surface area contributed by atoms with Crippen molar-refractivity contribution in [2.75, 3.05) is 24.4 Å². The molecule has 0 spiro atoms. The van der Waals surface area contributed by atoms with Gasteiger partial charge < -0.3 is 31.9 Å². The Morgan fingerprint density at radius 2 is 1.62 bits per heavy atom. The van der Waals surface area contributed by atoms with Gasteiger partial charge in [0.1, 0.15) is 24.2 Å². The standard InChI is InChI=1S/C17H32N4O6S2/c1-4-9(2)13(17(26)27)21-16(25)12(8-28)20-15(24)11(5-6-29-3)19-14(23)10(18)7-22/h9-13,22,28H,4-8,18H2,1-3H3,(H,19,23)(H,20,24)(H,21,25)(H,26,27). The van der Waals surface area contributed by atoms with Crippen LogP contribution in [0.3, 0.4) is 0 Å². The van der Waals surface area contributed by atoms with Crippen LogP contribution in [-0.2, 0) is 19.2 Å². The van der Waals surface area contributed by atoms with Gasteiger partial charge in [-0.05, 0) is 24.3 Å². The number of aliphatic carboxylic acids is 1. The zero-order valence-corrected chi connectivity index (χ0v) is 18.6. The molecular formula is C17H32N4O6S2. The van der Waals surface area contributed by atoms with E-state index in [4.69, 9.17) is 10.8 Å². The summed E-state index contributed by atoms with van der Waals surface area (Å²) in [4.78, 5) is 48.4. The molecule has 5 unspecified atom stereocenters. The molecule has 0 aromatic carbocycles. The molecule has 168 valence electrons. The van der Waals surface area contributed by atoms with Crippen LogP contribution in [0.5, 0.6) is 0 Å². The molecule has 12 heteroatoms. The van der Waals surface area contributed by atoms with Crippen LogP contribution in [0.2, 0.25) is 0 Å². The minimum absolute atomic E-state index is 0.0657. The van der Waals surface area contributed by atoms with E-state index in [9.17, 15) is 24.3 Å². The van der Waals surface area contributed by atoms with E-state index in [0.717, 1.165) is 0 Å². The van der Waals surface area contributed by atoms with Crippen molar-refractivity contribution in [2.24, 2.45) is 11.7 Å². The van der Waals surface area contributed by atoms with E-state index >= 15 is 0 Å². The number of aliphatic hydroxyl groups excluding tert-OH is 1. The van der Waals surface area contributed by atoms with E-state index in [1.165, 1.54) is 11.8 Å². The number of carboxylic acid groups (broad SMARTS) is 1. The lowest BCUT2D eigenvalue weighted by Crippen LogP contribution is -2.58. The number of carbonyl (C=O) groups excluding carboxylic acids is 3. The van der Waals surface area contributed by atoms with Crippen molar-refractivity contribution in [3.63, 3.8) is 0 Å². The molecule has 0 aromatic rings. The average Bonchev–Trinajstić information content (AvgIpc) is 2.70. The molecule has 10 nitrogen and oxygen atoms in total. The van der Waals surface area contributed by atoms with Crippen molar-refractivity contribution in [3.8, 4) is 0 Å². The predicted octanol–water partition coefficient (Wildman–Crippen LogP) is -1.43. The number of aliphatic hydroxyl groups is 1. The van der Waals surface area contributed by atoms with Gasteiger partial charge in [0.25, 0.3) is 0 Å². The number of hydrogen-bond acceptors (Lipinski definition) is 8. The van der Waals surface area contributed by atoms with Gasteiger partial charge >= 0.3 is 5.97 Å². The fourth-order valence-corrected chi connectivity index (χ4v) is 3.00. The van der Waals surface area contributed by atoms with Gasteiger partial charge in [0.05, 0.1) is 6.61 Å². The van der Waals surface area contributed by atoms with E-state index < -0.39 is 54.5 Å². The number of nitrogens with two attached hydrogens (primary N) is 1. The van der Waals surface area contributed by atoms with Crippen molar-refractivity contribution < 1.29 is 29.4 Å². The third kappa shape index (κ3) is 9.70. The first-order valence-electron chi connectivity index (χ1n) is 9.22. The summed E-state index contributed by atoms with van der Waals surface area (Å²) in [5.41, 5.74) is 5.46. The Bertz CT molecular complexity index is 566. The Morgan fingerprint density at radius 1 is 1.07 bits per heavy atom. The fourth-order valence-electron chi connectivity index (χ4n) is 2.27. The summed E-state index contributed by atoms with van der Waals surface area (Å²) >= 11 is 5.53. The van der Waals surface area contributed by atoms with Gasteiger partial charge in [0.2, 0.25) is 17.7 Å². The molecule has 0 aliphatic rings. The monoisotopic (exact) mass is 452 g/mol. The molecule has 3 amide bonds. The zero-order valence-electron chi connectivity index (χ0n) is 16.9. The lowest BCUT2D eigenvalue weighted by Gasteiger charge is -2.25. The van der Waals surface area contributed by atoms with Gasteiger partial charge in [-0.15, -0.1) is 0 Å². The van der Waals surface area contributed by atoms with E-state index in [0.29, 0.717) is 12.2 Å². The first-order chi connectivity index (χ1) is 13.6. The number of hydrogen-bond donors (Lipinski definition) is 7. The highest BCUT2D eigenvalue weighted by atomic mass is 32.2. The summed E-state index contributed by atoms with van der Waals surface area (Å²) in [6.45, 7) is 2.93. The van der Waals surface area contributed by atoms with E-state index in [1.807, 2.05) is 6.26 Å². The number of nitrogens with one attached hydrogen (secondary N) is 3. The van der Waals surface area contributed by atoms with E-state index in [-0.39, 0.29) is 18.1 Å². The lowest BCUT2D eigenvalue weighted by molar-refractivity contribution is -0.143. The number of thioether (sulfide) groups is 1. The highest BCUT2D eigenvalue weighted by molar-refractivity contribution is 7.98. The average molecular weight is 453 g/mol. The second-order valence-corrected chi connectivity index (χ2v) is 7.94. The quantitative estimate of drug-likeness (QED) is 0.157. The maximum atomic E-state index is 12.6. The Hall–Kier alpha value is -1.50. The molecular weight excluding hydrogens is 420 g/mol. The normalized spacial score (nSPS) is 16.1. The SMILES string of the molecule is CCC(C)C(NC(=O)C(CS)NC(=O)C(CCSC)NC(=O)C(N)CO)C(=O)O. The van der Waals surface area contributed by atoms with E-state index in [1.54, 1.807) is 13.8 Å². The number of amides is 3. The van der Waals surface area contributed by atoms with Gasteiger partial charge in [-0.25, -0.2) is 4.79 Å². The predicted molar refractivity (Wildman–Crippen MR) is 115 cm³/mol. The molecule has 0 bridgehead atoms. The smallest absolute Gasteiger partial charge is 0.326 e. The van der Waals surface area contributed by atoms with Gasteiger partial charge in [-0.3, -0.25) is 14.4 Å². The van der Waals surface area contributed by atoms with Crippen LogP contribution < -0.4 is 21.7 Å². The molecule has 0 aliphatic heterocycles. The van der Waals surface area contributed by atoms with Crippen LogP contribution in [-0.4, -0.2) is 82.4 Å². The molecule has 0 fully saturated rings. The van der Waals surface area contributed by atoms with Crippen LogP contribution in [0.25, 0.3) is 0 Å². The van der Waals surface area contributed by atoms with Crippen molar-refractivity contribution in [2.45, 2.75) is 50.9 Å². The number of thiol groups is 1. The van der Waals surface area contributed by atoms with Gasteiger partial charge in [0, 0.05) is 5.75 Å². The second-order valence-electron chi connectivity index (χ2n) is 6.59. The molecule has 0 aromatic heterocycles. The van der Waals surface area contributed by atoms with Crippen molar-refractivity contribution in [3.05, 3.63) is 0 Å². The maximum Gasteiger partial charge on any atom is 0.326 e. The summed E-state index contributed by atoms with van der Waals surface area (Å²) in [6, 6.07) is -4.32. The van der Waals surface area contributed by atoms with Crippen molar-refractivity contribution in [1.82, 2.24) is 16.0 Å². The number of carboxylic acids is 1. The maximum absolute atomic E-state index is 12.6. The van der Waals surface area contributed by atoms with Crippen LogP contribution in [0.4, 0.5) is 0 Å². The first kappa shape index (κ1) is 27.5. The van der Waals surface area contributed by atoms with E-state index in [2.05, 4.69) is 28.6 Å². The molecule has 0 rings (SSSR count). The van der Waals surface area contributed by atoms with Crippen LogP contribution >= 0.6 is 24.4 Å². The van der Waals surface area contributed by atoms with Gasteiger partial charge in [-0.1, -0.05) is 20.3 Å². The van der Waals surface area contributed by atoms with Crippen molar-refractivity contribution >= 4 is 48.1 Å². The summed E-state index contributed by atoms with van der Waals surface area (Å²) in [5, 5.41) is 25.7. The zero-order chi connectivity index (χ0) is 22.6. The molecule has 5 atom stereocenters. The molecule has 7 N–H and O–H groups in total. The summed E-state index contributed by atoms with van der Waals surface area (Å²) in [7, 11) is 0. The molecule has 0 saturated heterocycles. The highest BCUT2D eigenvalue weighted by Gasteiger charge is 2.31.